The molecule has 1 unspecified atom stereocenters. The van der Waals surface area contributed by atoms with E-state index in [1.807, 2.05) is 62.5 Å². The average Bonchev–Trinajstić information content (AvgIpc) is 3.20. The second-order valence-corrected chi connectivity index (χ2v) is 10.6. The third-order valence-electron chi connectivity index (χ3n) is 5.61. The van der Waals surface area contributed by atoms with Crippen LogP contribution in [0.5, 0.6) is 0 Å². The van der Waals surface area contributed by atoms with Crippen LogP contribution in [-0.2, 0) is 4.79 Å². The molecule has 2 aromatic carbocycles. The molecule has 1 aliphatic rings. The van der Waals surface area contributed by atoms with Crippen LogP contribution in [0, 0.1) is 26.7 Å². The van der Waals surface area contributed by atoms with E-state index < -0.39 is 0 Å². The predicted molar refractivity (Wildman–Crippen MR) is 135 cm³/mol. The highest BCUT2D eigenvalue weighted by atomic mass is 32.2. The summed E-state index contributed by atoms with van der Waals surface area (Å²) in [6, 6.07) is 13.6. The number of carbonyl (C=O) groups excluding carboxylic acids is 2. The number of nitrogens with one attached hydrogen (secondary N) is 2. The van der Waals surface area contributed by atoms with Gasteiger partial charge in [-0.05, 0) is 75.1 Å². The zero-order valence-electron chi connectivity index (χ0n) is 19.1. The van der Waals surface area contributed by atoms with E-state index in [9.17, 15) is 9.59 Å². The van der Waals surface area contributed by atoms with Crippen molar-refractivity contribution >= 4 is 46.4 Å². The second kappa shape index (κ2) is 10.4. The number of hydrogen-bond donors (Lipinski definition) is 2. The Bertz CT molecular complexity index is 1160. The number of aromatic nitrogens is 1. The molecule has 3 aromatic rings. The SMILES string of the molecule is Cc1cccc(NC(=O)N2CCCC(C(=O)Nc3ccc(Sc4nc(C)cs4)cc3C)C2)c1. The summed E-state index contributed by atoms with van der Waals surface area (Å²) < 4.78 is 1.01. The Hall–Kier alpha value is -2.84. The van der Waals surface area contributed by atoms with Gasteiger partial charge in [-0.2, -0.15) is 0 Å². The molecule has 2 heterocycles. The zero-order chi connectivity index (χ0) is 23.4. The van der Waals surface area contributed by atoms with Crippen molar-refractivity contribution in [3.63, 3.8) is 0 Å². The number of piperidine rings is 1. The van der Waals surface area contributed by atoms with Gasteiger partial charge in [-0.3, -0.25) is 4.79 Å². The average molecular weight is 481 g/mol. The van der Waals surface area contributed by atoms with Crippen molar-refractivity contribution in [2.75, 3.05) is 23.7 Å². The first kappa shape index (κ1) is 23.3. The van der Waals surface area contributed by atoms with Crippen molar-refractivity contribution in [1.29, 1.82) is 0 Å². The summed E-state index contributed by atoms with van der Waals surface area (Å²) in [5.74, 6) is -0.268. The lowest BCUT2D eigenvalue weighted by Gasteiger charge is -2.32. The minimum atomic E-state index is -0.228. The molecule has 6 nitrogen and oxygen atoms in total. The van der Waals surface area contributed by atoms with Crippen LogP contribution in [0.3, 0.4) is 0 Å². The normalized spacial score (nSPS) is 15.8. The highest BCUT2D eigenvalue weighted by Gasteiger charge is 2.28. The molecule has 8 heteroatoms. The number of thiazole rings is 1. The van der Waals surface area contributed by atoms with Crippen molar-refractivity contribution in [1.82, 2.24) is 9.88 Å². The summed E-state index contributed by atoms with van der Waals surface area (Å²) >= 11 is 3.26. The maximum atomic E-state index is 13.0. The third kappa shape index (κ3) is 6.15. The smallest absolute Gasteiger partial charge is 0.321 e. The molecule has 1 atom stereocenters. The van der Waals surface area contributed by atoms with Gasteiger partial charge in [0.15, 0.2) is 4.34 Å². The molecule has 1 aromatic heterocycles. The number of amides is 3. The number of carbonyl (C=O) groups is 2. The largest absolute Gasteiger partial charge is 0.326 e. The molecular weight excluding hydrogens is 452 g/mol. The molecule has 4 rings (SSSR count). The molecule has 0 spiro atoms. The summed E-state index contributed by atoms with van der Waals surface area (Å²) in [6.45, 7) is 7.05. The summed E-state index contributed by atoms with van der Waals surface area (Å²) in [6.07, 6.45) is 1.58. The Morgan fingerprint density at radius 1 is 1.12 bits per heavy atom. The van der Waals surface area contributed by atoms with Crippen LogP contribution in [0.15, 0.2) is 57.1 Å². The van der Waals surface area contributed by atoms with E-state index in [2.05, 4.69) is 21.7 Å². The Balaban J connectivity index is 1.35. The van der Waals surface area contributed by atoms with Gasteiger partial charge in [0, 0.05) is 40.4 Å². The van der Waals surface area contributed by atoms with Crippen LogP contribution in [0.1, 0.15) is 29.7 Å². The van der Waals surface area contributed by atoms with Gasteiger partial charge in [-0.25, -0.2) is 9.78 Å². The maximum Gasteiger partial charge on any atom is 0.321 e. The fourth-order valence-electron chi connectivity index (χ4n) is 3.86. The fraction of sp³-hybridized carbons (Fsp3) is 0.320. The molecule has 3 amide bonds. The van der Waals surface area contributed by atoms with Gasteiger partial charge in [0.25, 0.3) is 0 Å². The monoisotopic (exact) mass is 480 g/mol. The molecule has 0 aliphatic carbocycles. The van der Waals surface area contributed by atoms with E-state index in [-0.39, 0.29) is 17.9 Å². The van der Waals surface area contributed by atoms with Crippen LogP contribution < -0.4 is 10.6 Å². The molecule has 1 fully saturated rings. The molecular formula is C25H28N4O2S2. The number of nitrogens with zero attached hydrogens (tertiary/aromatic N) is 2. The number of hydrogen-bond acceptors (Lipinski definition) is 5. The summed E-state index contributed by atoms with van der Waals surface area (Å²) in [4.78, 5) is 33.0. The van der Waals surface area contributed by atoms with Crippen molar-refractivity contribution in [2.45, 2.75) is 42.8 Å². The van der Waals surface area contributed by atoms with E-state index in [1.54, 1.807) is 28.0 Å². The number of urea groups is 1. The maximum absolute atomic E-state index is 13.0. The number of aryl methyl sites for hydroxylation is 3. The standard InChI is InChI=1S/C25H28N4O2S2/c1-16-6-4-8-20(12-16)27-24(31)29-11-5-7-19(14-29)23(30)28-22-10-9-21(13-17(22)2)33-25-26-18(3)15-32-25/h4,6,8-10,12-13,15,19H,5,7,11,14H2,1-3H3,(H,27,31)(H,28,30). The molecule has 0 radical (unpaired) electrons. The lowest BCUT2D eigenvalue weighted by molar-refractivity contribution is -0.121. The Morgan fingerprint density at radius 2 is 1.97 bits per heavy atom. The lowest BCUT2D eigenvalue weighted by Crippen LogP contribution is -2.45. The van der Waals surface area contributed by atoms with Crippen LogP contribution >= 0.6 is 23.1 Å². The van der Waals surface area contributed by atoms with E-state index in [1.165, 1.54) is 0 Å². The van der Waals surface area contributed by atoms with E-state index >= 15 is 0 Å². The Labute approximate surface area is 202 Å². The van der Waals surface area contributed by atoms with Crippen LogP contribution in [-0.4, -0.2) is 34.9 Å². The summed E-state index contributed by atoms with van der Waals surface area (Å²) in [5.41, 5.74) is 4.70. The fourth-order valence-corrected chi connectivity index (χ4v) is 5.77. The van der Waals surface area contributed by atoms with Crippen LogP contribution in [0.4, 0.5) is 16.2 Å². The minimum absolute atomic E-state index is 0.0397. The minimum Gasteiger partial charge on any atom is -0.326 e. The molecule has 1 saturated heterocycles. The number of rotatable bonds is 5. The first-order valence-electron chi connectivity index (χ1n) is 11.0. The van der Waals surface area contributed by atoms with E-state index in [4.69, 9.17) is 0 Å². The number of anilines is 2. The first-order valence-corrected chi connectivity index (χ1v) is 12.7. The van der Waals surface area contributed by atoms with E-state index in [0.717, 1.165) is 50.3 Å². The topological polar surface area (TPSA) is 74.3 Å². The molecule has 2 N–H and O–H groups in total. The van der Waals surface area contributed by atoms with Gasteiger partial charge in [-0.15, -0.1) is 11.3 Å². The molecule has 1 aliphatic heterocycles. The van der Waals surface area contributed by atoms with Crippen molar-refractivity contribution < 1.29 is 9.59 Å². The molecule has 0 bridgehead atoms. The molecule has 33 heavy (non-hydrogen) atoms. The van der Waals surface area contributed by atoms with Crippen molar-refractivity contribution in [3.05, 3.63) is 64.7 Å². The molecule has 172 valence electrons. The number of benzene rings is 2. The third-order valence-corrected chi connectivity index (χ3v) is 7.65. The van der Waals surface area contributed by atoms with Gasteiger partial charge in [0.1, 0.15) is 0 Å². The predicted octanol–water partition coefficient (Wildman–Crippen LogP) is 6.10. The summed E-state index contributed by atoms with van der Waals surface area (Å²) in [5, 5.41) is 8.06. The summed E-state index contributed by atoms with van der Waals surface area (Å²) in [7, 11) is 0. The lowest BCUT2D eigenvalue weighted by atomic mass is 9.97. The highest BCUT2D eigenvalue weighted by Crippen LogP contribution is 2.32. The van der Waals surface area contributed by atoms with Gasteiger partial charge in [-0.1, -0.05) is 23.9 Å². The Kier molecular flexibility index (Phi) is 7.35. The Morgan fingerprint density at radius 3 is 2.70 bits per heavy atom. The van der Waals surface area contributed by atoms with E-state index in [0.29, 0.717) is 13.1 Å². The highest BCUT2D eigenvalue weighted by molar-refractivity contribution is 8.01. The second-order valence-electron chi connectivity index (χ2n) is 8.41. The first-order chi connectivity index (χ1) is 15.9. The van der Waals surface area contributed by atoms with Crippen molar-refractivity contribution in [2.24, 2.45) is 5.92 Å². The molecule has 0 saturated carbocycles. The van der Waals surface area contributed by atoms with Crippen LogP contribution in [0.2, 0.25) is 0 Å². The van der Waals surface area contributed by atoms with Crippen molar-refractivity contribution in [3.8, 4) is 0 Å². The van der Waals surface area contributed by atoms with Gasteiger partial charge in [0.05, 0.1) is 5.92 Å². The van der Waals surface area contributed by atoms with Gasteiger partial charge in [0.2, 0.25) is 5.91 Å². The van der Waals surface area contributed by atoms with Gasteiger partial charge < -0.3 is 15.5 Å². The van der Waals surface area contributed by atoms with Crippen LogP contribution in [0.25, 0.3) is 0 Å². The quantitative estimate of drug-likeness (QED) is 0.463. The number of likely N-dealkylation sites (tertiary alicyclic amines) is 1. The zero-order valence-corrected chi connectivity index (χ0v) is 20.7. The van der Waals surface area contributed by atoms with Gasteiger partial charge >= 0.3 is 6.03 Å².